The van der Waals surface area contributed by atoms with Gasteiger partial charge in [0.1, 0.15) is 0 Å². The SMILES string of the molecule is CC(C)CCCN1CC(C)(C2CC2)NCC1C. The van der Waals surface area contributed by atoms with Crippen molar-refractivity contribution >= 4 is 0 Å². The van der Waals surface area contributed by atoms with E-state index in [0.717, 1.165) is 11.8 Å². The molecule has 100 valence electrons. The average molecular weight is 238 g/mol. The number of nitrogens with one attached hydrogen (secondary N) is 1. The summed E-state index contributed by atoms with van der Waals surface area (Å²) in [5.41, 5.74) is 0.407. The van der Waals surface area contributed by atoms with E-state index in [2.05, 4.69) is 37.9 Å². The molecule has 2 heteroatoms. The van der Waals surface area contributed by atoms with Crippen molar-refractivity contribution in [2.75, 3.05) is 19.6 Å². The summed E-state index contributed by atoms with van der Waals surface area (Å²) in [4.78, 5) is 2.72. The van der Waals surface area contributed by atoms with E-state index in [0.29, 0.717) is 11.6 Å². The van der Waals surface area contributed by atoms with Gasteiger partial charge in [0, 0.05) is 24.7 Å². The first-order valence-corrected chi connectivity index (χ1v) is 7.50. The molecule has 0 aromatic rings. The van der Waals surface area contributed by atoms with Crippen LogP contribution < -0.4 is 5.32 Å². The number of nitrogens with zero attached hydrogens (tertiary/aromatic N) is 1. The fraction of sp³-hybridized carbons (Fsp3) is 1.00. The topological polar surface area (TPSA) is 15.3 Å². The van der Waals surface area contributed by atoms with E-state index in [-0.39, 0.29) is 0 Å². The standard InChI is InChI=1S/C15H30N2/c1-12(2)6-5-9-17-11-15(4,14-7-8-14)16-10-13(17)3/h12-14,16H,5-11H2,1-4H3. The van der Waals surface area contributed by atoms with E-state index in [1.54, 1.807) is 0 Å². The summed E-state index contributed by atoms with van der Waals surface area (Å²) in [5.74, 6) is 1.80. The molecule has 0 amide bonds. The molecule has 2 nitrogen and oxygen atoms in total. The van der Waals surface area contributed by atoms with Crippen LogP contribution in [0.3, 0.4) is 0 Å². The smallest absolute Gasteiger partial charge is 0.0309 e. The molecule has 17 heavy (non-hydrogen) atoms. The van der Waals surface area contributed by atoms with Gasteiger partial charge >= 0.3 is 0 Å². The Morgan fingerprint density at radius 3 is 2.65 bits per heavy atom. The first-order valence-electron chi connectivity index (χ1n) is 7.50. The van der Waals surface area contributed by atoms with Gasteiger partial charge in [0.25, 0.3) is 0 Å². The van der Waals surface area contributed by atoms with Crippen LogP contribution >= 0.6 is 0 Å². The highest BCUT2D eigenvalue weighted by Gasteiger charge is 2.44. The average Bonchev–Trinajstić information content (AvgIpc) is 3.07. The van der Waals surface area contributed by atoms with Crippen LogP contribution in [0.4, 0.5) is 0 Å². The monoisotopic (exact) mass is 238 g/mol. The molecular weight excluding hydrogens is 208 g/mol. The molecule has 0 bridgehead atoms. The fourth-order valence-electron chi connectivity index (χ4n) is 3.14. The van der Waals surface area contributed by atoms with Gasteiger partial charge in [-0.3, -0.25) is 4.90 Å². The third-order valence-corrected chi connectivity index (χ3v) is 4.66. The number of hydrogen-bond donors (Lipinski definition) is 1. The van der Waals surface area contributed by atoms with Gasteiger partial charge in [-0.05, 0) is 57.9 Å². The number of hydrogen-bond acceptors (Lipinski definition) is 2. The molecule has 2 aliphatic rings. The Kier molecular flexibility index (Phi) is 4.14. The molecule has 1 heterocycles. The van der Waals surface area contributed by atoms with Crippen LogP contribution in [0.25, 0.3) is 0 Å². The van der Waals surface area contributed by atoms with Gasteiger partial charge in [-0.2, -0.15) is 0 Å². The Labute approximate surface area is 107 Å². The molecule has 2 rings (SSSR count). The quantitative estimate of drug-likeness (QED) is 0.792. The van der Waals surface area contributed by atoms with Gasteiger partial charge in [-0.1, -0.05) is 13.8 Å². The number of piperazine rings is 1. The van der Waals surface area contributed by atoms with E-state index in [4.69, 9.17) is 0 Å². The summed E-state index contributed by atoms with van der Waals surface area (Å²) in [7, 11) is 0. The van der Waals surface area contributed by atoms with Crippen molar-refractivity contribution in [2.45, 2.75) is 65.0 Å². The predicted molar refractivity (Wildman–Crippen MR) is 74.2 cm³/mol. The van der Waals surface area contributed by atoms with Crippen LogP contribution in [-0.4, -0.2) is 36.1 Å². The summed E-state index contributed by atoms with van der Waals surface area (Å²) >= 11 is 0. The van der Waals surface area contributed by atoms with E-state index in [1.165, 1.54) is 45.3 Å². The predicted octanol–water partition coefficient (Wildman–Crippen LogP) is 2.89. The van der Waals surface area contributed by atoms with Gasteiger partial charge < -0.3 is 5.32 Å². The van der Waals surface area contributed by atoms with Crippen molar-refractivity contribution in [1.82, 2.24) is 10.2 Å². The molecule has 1 saturated carbocycles. The second kappa shape index (κ2) is 5.27. The van der Waals surface area contributed by atoms with Gasteiger partial charge in [-0.15, -0.1) is 0 Å². The fourth-order valence-corrected chi connectivity index (χ4v) is 3.14. The molecule has 0 aromatic heterocycles. The largest absolute Gasteiger partial charge is 0.308 e. The minimum absolute atomic E-state index is 0.407. The van der Waals surface area contributed by atoms with Crippen LogP contribution in [0.1, 0.15) is 53.4 Å². The molecule has 1 aliphatic heterocycles. The van der Waals surface area contributed by atoms with Crippen LogP contribution in [0, 0.1) is 11.8 Å². The summed E-state index contributed by atoms with van der Waals surface area (Å²) in [6.07, 6.45) is 5.62. The second-order valence-corrected chi connectivity index (χ2v) is 6.93. The highest BCUT2D eigenvalue weighted by atomic mass is 15.2. The van der Waals surface area contributed by atoms with Crippen molar-refractivity contribution in [1.29, 1.82) is 0 Å². The van der Waals surface area contributed by atoms with Crippen molar-refractivity contribution in [3.05, 3.63) is 0 Å². The highest BCUT2D eigenvalue weighted by Crippen LogP contribution is 2.41. The minimum atomic E-state index is 0.407. The highest BCUT2D eigenvalue weighted by molar-refractivity contribution is 5.03. The van der Waals surface area contributed by atoms with Crippen molar-refractivity contribution in [3.63, 3.8) is 0 Å². The maximum atomic E-state index is 3.79. The molecule has 2 unspecified atom stereocenters. The molecule has 1 aliphatic carbocycles. The first kappa shape index (κ1) is 13.4. The van der Waals surface area contributed by atoms with Gasteiger partial charge in [-0.25, -0.2) is 0 Å². The molecule has 0 spiro atoms. The maximum Gasteiger partial charge on any atom is 0.0309 e. The third-order valence-electron chi connectivity index (χ3n) is 4.66. The second-order valence-electron chi connectivity index (χ2n) is 6.93. The van der Waals surface area contributed by atoms with Gasteiger partial charge in [0.05, 0.1) is 0 Å². The maximum absolute atomic E-state index is 3.79. The van der Waals surface area contributed by atoms with Crippen LogP contribution in [0.15, 0.2) is 0 Å². The summed E-state index contributed by atoms with van der Waals surface area (Å²) in [5, 5.41) is 3.79. The van der Waals surface area contributed by atoms with Crippen molar-refractivity contribution in [3.8, 4) is 0 Å². The molecular formula is C15H30N2. The molecule has 2 fully saturated rings. The lowest BCUT2D eigenvalue weighted by molar-refractivity contribution is 0.0810. The zero-order chi connectivity index (χ0) is 12.5. The van der Waals surface area contributed by atoms with Crippen LogP contribution in [0.5, 0.6) is 0 Å². The van der Waals surface area contributed by atoms with Gasteiger partial charge in [0.15, 0.2) is 0 Å². The lowest BCUT2D eigenvalue weighted by Crippen LogP contribution is -2.63. The van der Waals surface area contributed by atoms with Crippen LogP contribution in [-0.2, 0) is 0 Å². The van der Waals surface area contributed by atoms with E-state index >= 15 is 0 Å². The Balaban J connectivity index is 1.82. The Morgan fingerprint density at radius 1 is 1.35 bits per heavy atom. The van der Waals surface area contributed by atoms with E-state index in [1.807, 2.05) is 0 Å². The Morgan fingerprint density at radius 2 is 2.06 bits per heavy atom. The lowest BCUT2D eigenvalue weighted by Gasteiger charge is -2.45. The minimum Gasteiger partial charge on any atom is -0.308 e. The molecule has 0 aromatic carbocycles. The van der Waals surface area contributed by atoms with Gasteiger partial charge in [0.2, 0.25) is 0 Å². The van der Waals surface area contributed by atoms with E-state index < -0.39 is 0 Å². The van der Waals surface area contributed by atoms with E-state index in [9.17, 15) is 0 Å². The summed E-state index contributed by atoms with van der Waals surface area (Å²) < 4.78 is 0. The van der Waals surface area contributed by atoms with Crippen LogP contribution in [0.2, 0.25) is 0 Å². The Hall–Kier alpha value is -0.0800. The Bertz CT molecular complexity index is 247. The summed E-state index contributed by atoms with van der Waals surface area (Å²) in [6.45, 7) is 13.2. The van der Waals surface area contributed by atoms with Crippen molar-refractivity contribution < 1.29 is 0 Å². The third kappa shape index (κ3) is 3.45. The summed E-state index contributed by atoms with van der Waals surface area (Å²) in [6, 6.07) is 0.717. The molecule has 1 N–H and O–H groups in total. The molecule has 1 saturated heterocycles. The van der Waals surface area contributed by atoms with Crippen molar-refractivity contribution in [2.24, 2.45) is 11.8 Å². The zero-order valence-corrected chi connectivity index (χ0v) is 12.1. The molecule has 0 radical (unpaired) electrons. The first-order chi connectivity index (χ1) is 8.01. The lowest BCUT2D eigenvalue weighted by atomic mass is 9.91. The zero-order valence-electron chi connectivity index (χ0n) is 12.1. The normalized spacial score (nSPS) is 35.5. The number of rotatable bonds is 5. The molecule has 2 atom stereocenters.